The molecule has 0 aromatic heterocycles. The van der Waals surface area contributed by atoms with Crippen LogP contribution in [0.15, 0.2) is 47.6 Å². The SMILES string of the molecule is C/C(=N\Nc1cc(C(F)(F)F)ccc1Cl)c1ccc(F)cc1. The maximum absolute atomic E-state index is 12.8. The average molecular weight is 331 g/mol. The second-order valence-electron chi connectivity index (χ2n) is 4.51. The first kappa shape index (κ1) is 16.3. The quantitative estimate of drug-likeness (QED) is 0.459. The van der Waals surface area contributed by atoms with Crippen LogP contribution in [0.3, 0.4) is 0 Å². The average Bonchev–Trinajstić information content (AvgIpc) is 2.45. The van der Waals surface area contributed by atoms with E-state index in [-0.39, 0.29) is 16.5 Å². The zero-order valence-corrected chi connectivity index (χ0v) is 12.1. The molecule has 0 aliphatic heterocycles. The smallest absolute Gasteiger partial charge is 0.277 e. The minimum absolute atomic E-state index is 0.0398. The summed E-state index contributed by atoms with van der Waals surface area (Å²) < 4.78 is 50.8. The lowest BCUT2D eigenvalue weighted by molar-refractivity contribution is -0.137. The third-order valence-corrected chi connectivity index (χ3v) is 3.23. The van der Waals surface area contributed by atoms with E-state index in [4.69, 9.17) is 11.6 Å². The highest BCUT2D eigenvalue weighted by molar-refractivity contribution is 6.33. The van der Waals surface area contributed by atoms with Crippen LogP contribution in [0.2, 0.25) is 5.02 Å². The first-order chi connectivity index (χ1) is 10.3. The Morgan fingerprint density at radius 3 is 2.32 bits per heavy atom. The minimum Gasteiger partial charge on any atom is -0.277 e. The highest BCUT2D eigenvalue weighted by Gasteiger charge is 2.30. The van der Waals surface area contributed by atoms with Crippen molar-refractivity contribution in [2.45, 2.75) is 13.1 Å². The Balaban J connectivity index is 2.23. The molecule has 0 amide bonds. The molecule has 0 aliphatic rings. The van der Waals surface area contributed by atoms with E-state index in [1.807, 2.05) is 0 Å². The van der Waals surface area contributed by atoms with Crippen molar-refractivity contribution in [2.24, 2.45) is 5.10 Å². The summed E-state index contributed by atoms with van der Waals surface area (Å²) in [6.45, 7) is 1.64. The van der Waals surface area contributed by atoms with Crippen LogP contribution >= 0.6 is 11.6 Å². The predicted molar refractivity (Wildman–Crippen MR) is 78.7 cm³/mol. The van der Waals surface area contributed by atoms with Crippen LogP contribution in [0.4, 0.5) is 23.2 Å². The summed E-state index contributed by atoms with van der Waals surface area (Å²) in [4.78, 5) is 0. The van der Waals surface area contributed by atoms with Gasteiger partial charge in [0.15, 0.2) is 0 Å². The number of nitrogens with zero attached hydrogens (tertiary/aromatic N) is 1. The van der Waals surface area contributed by atoms with Gasteiger partial charge in [0, 0.05) is 0 Å². The van der Waals surface area contributed by atoms with Crippen molar-refractivity contribution in [3.05, 3.63) is 64.4 Å². The Hall–Kier alpha value is -2.08. The molecular formula is C15H11ClF4N2. The Morgan fingerprint density at radius 2 is 1.73 bits per heavy atom. The molecule has 2 aromatic carbocycles. The fourth-order valence-electron chi connectivity index (χ4n) is 1.69. The molecule has 2 nitrogen and oxygen atoms in total. The van der Waals surface area contributed by atoms with E-state index in [1.54, 1.807) is 6.92 Å². The molecule has 2 rings (SSSR count). The van der Waals surface area contributed by atoms with Gasteiger partial charge in [0.25, 0.3) is 0 Å². The molecule has 0 spiro atoms. The number of hydrogen-bond donors (Lipinski definition) is 1. The van der Waals surface area contributed by atoms with Crippen LogP contribution in [0.25, 0.3) is 0 Å². The highest BCUT2D eigenvalue weighted by Crippen LogP contribution is 2.33. The molecular weight excluding hydrogens is 320 g/mol. The van der Waals surface area contributed by atoms with Crippen molar-refractivity contribution in [2.75, 3.05) is 5.43 Å². The summed E-state index contributed by atoms with van der Waals surface area (Å²) in [6, 6.07) is 8.49. The Morgan fingerprint density at radius 1 is 1.09 bits per heavy atom. The van der Waals surface area contributed by atoms with E-state index < -0.39 is 11.7 Å². The summed E-state index contributed by atoms with van der Waals surface area (Å²) in [5.74, 6) is -0.384. The lowest BCUT2D eigenvalue weighted by Gasteiger charge is -2.10. The van der Waals surface area contributed by atoms with Gasteiger partial charge in [-0.15, -0.1) is 0 Å². The lowest BCUT2D eigenvalue weighted by atomic mass is 10.1. The summed E-state index contributed by atoms with van der Waals surface area (Å²) >= 11 is 5.85. The fourth-order valence-corrected chi connectivity index (χ4v) is 1.85. The molecule has 1 N–H and O–H groups in total. The molecule has 0 radical (unpaired) electrons. The molecule has 0 heterocycles. The minimum atomic E-state index is -4.46. The van der Waals surface area contributed by atoms with Gasteiger partial charge < -0.3 is 0 Å². The predicted octanol–water partition coefficient (Wildman–Crippen LogP) is 5.33. The number of hydrazone groups is 1. The third kappa shape index (κ3) is 3.98. The van der Waals surface area contributed by atoms with E-state index in [1.165, 1.54) is 24.3 Å². The summed E-state index contributed by atoms with van der Waals surface area (Å²) in [6.07, 6.45) is -4.46. The fraction of sp³-hybridized carbons (Fsp3) is 0.133. The number of hydrogen-bond acceptors (Lipinski definition) is 2. The molecule has 0 unspecified atom stereocenters. The van der Waals surface area contributed by atoms with Crippen LogP contribution in [-0.2, 0) is 6.18 Å². The van der Waals surface area contributed by atoms with Crippen molar-refractivity contribution in [3.63, 3.8) is 0 Å². The Kier molecular flexibility index (Phi) is 4.71. The standard InChI is InChI=1S/C15H11ClF4N2/c1-9(10-2-5-12(17)6-3-10)21-22-14-8-11(15(18,19)20)4-7-13(14)16/h2-8,22H,1H3/b21-9+. The van der Waals surface area contributed by atoms with Crippen LogP contribution in [0.1, 0.15) is 18.1 Å². The van der Waals surface area contributed by atoms with Crippen molar-refractivity contribution < 1.29 is 17.6 Å². The number of rotatable bonds is 3. The third-order valence-electron chi connectivity index (χ3n) is 2.90. The van der Waals surface area contributed by atoms with Crippen molar-refractivity contribution in [1.29, 1.82) is 0 Å². The maximum atomic E-state index is 12.8. The topological polar surface area (TPSA) is 24.4 Å². The molecule has 7 heteroatoms. The highest BCUT2D eigenvalue weighted by atomic mass is 35.5. The normalized spacial score (nSPS) is 12.4. The number of benzene rings is 2. The van der Waals surface area contributed by atoms with E-state index in [0.29, 0.717) is 11.3 Å². The number of alkyl halides is 3. The number of nitrogens with one attached hydrogen (secondary N) is 1. The maximum Gasteiger partial charge on any atom is 0.416 e. The van der Waals surface area contributed by atoms with Gasteiger partial charge in [0.05, 0.1) is 22.0 Å². The largest absolute Gasteiger partial charge is 0.416 e. The molecule has 0 atom stereocenters. The first-order valence-corrected chi connectivity index (χ1v) is 6.58. The van der Waals surface area contributed by atoms with Gasteiger partial charge in [-0.2, -0.15) is 18.3 Å². The Bertz CT molecular complexity index is 694. The zero-order valence-electron chi connectivity index (χ0n) is 11.4. The summed E-state index contributed by atoms with van der Waals surface area (Å²) in [5, 5.41) is 4.09. The van der Waals surface area contributed by atoms with Crippen molar-refractivity contribution in [1.82, 2.24) is 0 Å². The first-order valence-electron chi connectivity index (χ1n) is 6.20. The van der Waals surface area contributed by atoms with Crippen LogP contribution < -0.4 is 5.43 Å². The molecule has 0 saturated carbocycles. The van der Waals surface area contributed by atoms with Gasteiger partial charge in [-0.1, -0.05) is 23.7 Å². The molecule has 116 valence electrons. The number of anilines is 1. The van der Waals surface area contributed by atoms with E-state index >= 15 is 0 Å². The summed E-state index contributed by atoms with van der Waals surface area (Å²) in [5.41, 5.74) is 2.83. The molecule has 0 bridgehead atoms. The molecule has 0 fully saturated rings. The van der Waals surface area contributed by atoms with Crippen molar-refractivity contribution >= 4 is 23.0 Å². The lowest BCUT2D eigenvalue weighted by Crippen LogP contribution is -2.06. The molecule has 0 aliphatic carbocycles. The van der Waals surface area contributed by atoms with Gasteiger partial charge in [-0.25, -0.2) is 4.39 Å². The summed E-state index contributed by atoms with van der Waals surface area (Å²) in [7, 11) is 0. The molecule has 2 aromatic rings. The monoisotopic (exact) mass is 330 g/mol. The zero-order chi connectivity index (χ0) is 16.3. The van der Waals surface area contributed by atoms with Crippen LogP contribution in [-0.4, -0.2) is 5.71 Å². The van der Waals surface area contributed by atoms with Crippen LogP contribution in [0, 0.1) is 5.82 Å². The van der Waals surface area contributed by atoms with Crippen LogP contribution in [0.5, 0.6) is 0 Å². The second-order valence-corrected chi connectivity index (χ2v) is 4.92. The molecule has 0 saturated heterocycles. The molecule has 22 heavy (non-hydrogen) atoms. The van der Waals surface area contributed by atoms with E-state index in [0.717, 1.165) is 18.2 Å². The second kappa shape index (κ2) is 6.36. The van der Waals surface area contributed by atoms with E-state index in [2.05, 4.69) is 10.5 Å². The van der Waals surface area contributed by atoms with Gasteiger partial charge in [0.2, 0.25) is 0 Å². The van der Waals surface area contributed by atoms with E-state index in [9.17, 15) is 17.6 Å². The Labute approximate surface area is 129 Å². The number of halogens is 5. The van der Waals surface area contributed by atoms with Gasteiger partial charge in [0.1, 0.15) is 5.82 Å². The van der Waals surface area contributed by atoms with Gasteiger partial charge >= 0.3 is 6.18 Å². The van der Waals surface area contributed by atoms with Gasteiger partial charge in [-0.05, 0) is 42.8 Å². The van der Waals surface area contributed by atoms with Crippen molar-refractivity contribution in [3.8, 4) is 0 Å². The van der Waals surface area contributed by atoms with Gasteiger partial charge in [-0.3, -0.25) is 5.43 Å².